The lowest BCUT2D eigenvalue weighted by Gasteiger charge is -2.16. The van der Waals surface area contributed by atoms with Gasteiger partial charge in [0.05, 0.1) is 11.9 Å². The van der Waals surface area contributed by atoms with Gasteiger partial charge < -0.3 is 10.5 Å². The van der Waals surface area contributed by atoms with Gasteiger partial charge in [0, 0.05) is 0 Å². The highest BCUT2D eigenvalue weighted by atomic mass is 16.5. The molecule has 0 aromatic rings. The van der Waals surface area contributed by atoms with Crippen molar-refractivity contribution in [2.45, 2.75) is 19.9 Å². The monoisotopic (exact) mass is 189 g/mol. The maximum atomic E-state index is 11.0. The zero-order valence-corrected chi connectivity index (χ0v) is 7.39. The summed E-state index contributed by atoms with van der Waals surface area (Å²) in [5, 5.41) is 2.62. The molecule has 0 saturated carbocycles. The van der Waals surface area contributed by atoms with Gasteiger partial charge in [-0.3, -0.25) is 0 Å². The van der Waals surface area contributed by atoms with Crippen molar-refractivity contribution in [3.8, 4) is 0 Å². The lowest BCUT2D eigenvalue weighted by Crippen LogP contribution is -2.43. The average Bonchev–Trinajstić information content (AvgIpc) is 2.05. The van der Waals surface area contributed by atoms with Crippen molar-refractivity contribution in [1.82, 2.24) is 5.01 Å². The second kappa shape index (κ2) is 5.07. The first-order valence-corrected chi connectivity index (χ1v) is 3.63. The predicted octanol–water partition coefficient (Wildman–Crippen LogP) is 0.0001000. The Balaban J connectivity index is 4.36. The van der Waals surface area contributed by atoms with Gasteiger partial charge in [0.2, 0.25) is 0 Å². The van der Waals surface area contributed by atoms with Crippen molar-refractivity contribution in [3.05, 3.63) is 4.91 Å². The highest BCUT2D eigenvalue weighted by Gasteiger charge is 2.26. The molecule has 0 radical (unpaired) electrons. The normalized spacial score (nSPS) is 11.5. The number of amides is 2. The van der Waals surface area contributed by atoms with E-state index in [0.717, 1.165) is 0 Å². The van der Waals surface area contributed by atoms with Crippen LogP contribution in [0.3, 0.4) is 0 Å². The maximum Gasteiger partial charge on any atom is 0.338 e. The molecule has 1 atom stereocenters. The average molecular weight is 189 g/mol. The molecule has 7 heteroatoms. The first-order valence-electron chi connectivity index (χ1n) is 3.63. The number of hydrogen-bond donors (Lipinski definition) is 1. The number of carbonyl (C=O) groups excluding carboxylic acids is 2. The summed E-state index contributed by atoms with van der Waals surface area (Å²) in [7, 11) is 0. The summed E-state index contributed by atoms with van der Waals surface area (Å²) < 4.78 is 4.55. The zero-order valence-electron chi connectivity index (χ0n) is 7.39. The lowest BCUT2D eigenvalue weighted by molar-refractivity contribution is -0.147. The molecular weight excluding hydrogens is 178 g/mol. The van der Waals surface area contributed by atoms with Crippen molar-refractivity contribution in [1.29, 1.82) is 0 Å². The zero-order chi connectivity index (χ0) is 10.4. The fourth-order valence-corrected chi connectivity index (χ4v) is 0.665. The van der Waals surface area contributed by atoms with E-state index in [-0.39, 0.29) is 6.61 Å². The summed E-state index contributed by atoms with van der Waals surface area (Å²) in [5.41, 5.74) is 4.77. The van der Waals surface area contributed by atoms with Gasteiger partial charge in [-0.15, -0.1) is 4.91 Å². The smallest absolute Gasteiger partial charge is 0.338 e. The van der Waals surface area contributed by atoms with E-state index in [4.69, 9.17) is 5.73 Å². The molecule has 0 aromatic carbocycles. The van der Waals surface area contributed by atoms with Crippen LogP contribution in [0.2, 0.25) is 0 Å². The number of hydrogen-bond acceptors (Lipinski definition) is 5. The second-order valence-electron chi connectivity index (χ2n) is 2.19. The molecule has 0 fully saturated rings. The summed E-state index contributed by atoms with van der Waals surface area (Å²) in [5.74, 6) is -0.721. The molecule has 0 bridgehead atoms. The Morgan fingerprint density at radius 1 is 1.62 bits per heavy atom. The lowest BCUT2D eigenvalue weighted by atomic mass is 10.3. The Labute approximate surface area is 74.8 Å². The van der Waals surface area contributed by atoms with E-state index in [2.05, 4.69) is 10.0 Å². The van der Waals surface area contributed by atoms with Crippen LogP contribution in [0.5, 0.6) is 0 Å². The van der Waals surface area contributed by atoms with Crippen LogP contribution in [0.1, 0.15) is 13.8 Å². The minimum atomic E-state index is -1.09. The van der Waals surface area contributed by atoms with Gasteiger partial charge in [-0.05, 0) is 13.8 Å². The van der Waals surface area contributed by atoms with E-state index in [0.29, 0.717) is 5.01 Å². The Bertz CT molecular complexity index is 218. The van der Waals surface area contributed by atoms with Crippen LogP contribution in [-0.2, 0) is 9.53 Å². The van der Waals surface area contributed by atoms with Crippen LogP contribution in [0.25, 0.3) is 0 Å². The number of ether oxygens (including phenoxy) is 1. The number of esters is 1. The Hall–Kier alpha value is -1.66. The molecule has 2 amide bonds. The highest BCUT2D eigenvalue weighted by molar-refractivity contribution is 5.82. The molecule has 2 N–H and O–H groups in total. The van der Waals surface area contributed by atoms with Gasteiger partial charge >= 0.3 is 12.0 Å². The first kappa shape index (κ1) is 11.3. The fraction of sp³-hybridized carbons (Fsp3) is 0.667. The van der Waals surface area contributed by atoms with Crippen molar-refractivity contribution >= 4 is 12.0 Å². The third-order valence-electron chi connectivity index (χ3n) is 1.31. The van der Waals surface area contributed by atoms with E-state index in [1.807, 2.05) is 0 Å². The quantitative estimate of drug-likeness (QED) is 0.382. The van der Waals surface area contributed by atoms with E-state index >= 15 is 0 Å². The summed E-state index contributed by atoms with van der Waals surface area (Å²) in [6.45, 7) is 3.06. The number of carbonyl (C=O) groups is 2. The third-order valence-corrected chi connectivity index (χ3v) is 1.31. The Morgan fingerprint density at radius 2 is 2.15 bits per heavy atom. The molecule has 0 aliphatic carbocycles. The van der Waals surface area contributed by atoms with Gasteiger partial charge in [0.15, 0.2) is 6.04 Å². The first-order chi connectivity index (χ1) is 6.04. The largest absolute Gasteiger partial charge is 0.464 e. The molecule has 0 saturated heterocycles. The van der Waals surface area contributed by atoms with E-state index < -0.39 is 18.0 Å². The summed E-state index contributed by atoms with van der Waals surface area (Å²) in [6.07, 6.45) is 0. The molecule has 0 aliphatic heterocycles. The Kier molecular flexibility index (Phi) is 4.42. The number of rotatable bonds is 4. The van der Waals surface area contributed by atoms with Gasteiger partial charge in [0.1, 0.15) is 0 Å². The number of primary amides is 1. The molecule has 0 heterocycles. The van der Waals surface area contributed by atoms with Crippen LogP contribution in [-0.4, -0.2) is 29.7 Å². The van der Waals surface area contributed by atoms with Crippen LogP contribution >= 0.6 is 0 Å². The fourth-order valence-electron chi connectivity index (χ4n) is 0.665. The molecular formula is C6H11N3O4. The molecule has 13 heavy (non-hydrogen) atoms. The molecule has 0 aromatic heterocycles. The van der Waals surface area contributed by atoms with E-state index in [1.165, 1.54) is 6.92 Å². The standard InChI is InChI=1S/C6H11N3O4/c1-3-13-5(10)4(2)9(8-12)6(7)11/h4H,3H2,1-2H3,(H2,7,11)/t4-/m0/s1. The van der Waals surface area contributed by atoms with Crippen molar-refractivity contribution in [2.24, 2.45) is 11.0 Å². The van der Waals surface area contributed by atoms with Crippen molar-refractivity contribution in [2.75, 3.05) is 6.61 Å². The van der Waals surface area contributed by atoms with Gasteiger partial charge in [-0.1, -0.05) is 0 Å². The predicted molar refractivity (Wildman–Crippen MR) is 43.3 cm³/mol. The number of nitrogens with zero attached hydrogens (tertiary/aromatic N) is 2. The third kappa shape index (κ3) is 3.06. The van der Waals surface area contributed by atoms with Crippen molar-refractivity contribution in [3.63, 3.8) is 0 Å². The summed E-state index contributed by atoms with van der Waals surface area (Å²) in [4.78, 5) is 31.6. The molecule has 74 valence electrons. The van der Waals surface area contributed by atoms with E-state index in [9.17, 15) is 14.5 Å². The molecule has 7 nitrogen and oxygen atoms in total. The van der Waals surface area contributed by atoms with Crippen molar-refractivity contribution < 1.29 is 14.3 Å². The SMILES string of the molecule is CCOC(=O)[C@H](C)N(N=O)C(N)=O. The number of nitrogens with two attached hydrogens (primary N) is 1. The Morgan fingerprint density at radius 3 is 2.46 bits per heavy atom. The molecule has 0 spiro atoms. The summed E-state index contributed by atoms with van der Waals surface area (Å²) >= 11 is 0. The van der Waals surface area contributed by atoms with Gasteiger partial charge in [0.25, 0.3) is 0 Å². The minimum absolute atomic E-state index is 0.161. The molecule has 0 aliphatic rings. The van der Waals surface area contributed by atoms with Crippen LogP contribution in [0, 0.1) is 4.91 Å². The molecule has 0 rings (SSSR count). The topological polar surface area (TPSA) is 102 Å². The van der Waals surface area contributed by atoms with Crippen LogP contribution in [0.4, 0.5) is 4.79 Å². The van der Waals surface area contributed by atoms with E-state index in [1.54, 1.807) is 6.92 Å². The maximum absolute atomic E-state index is 11.0. The number of urea groups is 1. The second-order valence-corrected chi connectivity index (χ2v) is 2.19. The number of nitroso groups, excluding NO2 is 1. The minimum Gasteiger partial charge on any atom is -0.464 e. The van der Waals surface area contributed by atoms with Crippen LogP contribution < -0.4 is 5.73 Å². The van der Waals surface area contributed by atoms with Gasteiger partial charge in [-0.25, -0.2) is 9.59 Å². The van der Waals surface area contributed by atoms with Gasteiger partial charge in [-0.2, -0.15) is 5.01 Å². The van der Waals surface area contributed by atoms with Crippen LogP contribution in [0.15, 0.2) is 5.29 Å². The summed E-state index contributed by atoms with van der Waals surface area (Å²) in [6, 6.07) is -2.18. The highest BCUT2D eigenvalue weighted by Crippen LogP contribution is 2.01. The molecule has 0 unspecified atom stereocenters.